The fraction of sp³-hybridized carbons (Fsp3) is 0.308. The third kappa shape index (κ3) is 3.62. The Hall–Kier alpha value is -2.30. The van der Waals surface area contributed by atoms with Gasteiger partial charge < -0.3 is 10.1 Å². The Balaban J connectivity index is 2.23. The van der Waals surface area contributed by atoms with Crippen LogP contribution in [0.2, 0.25) is 5.02 Å². The Morgan fingerprint density at radius 3 is 3.00 bits per heavy atom. The van der Waals surface area contributed by atoms with Crippen molar-refractivity contribution < 1.29 is 4.74 Å². The van der Waals surface area contributed by atoms with Gasteiger partial charge in [-0.1, -0.05) is 17.5 Å². The van der Waals surface area contributed by atoms with E-state index in [2.05, 4.69) is 21.4 Å². The summed E-state index contributed by atoms with van der Waals surface area (Å²) in [5.41, 5.74) is 0.474. The molecule has 0 saturated carbocycles. The van der Waals surface area contributed by atoms with Crippen LogP contribution in [0.15, 0.2) is 23.4 Å². The van der Waals surface area contributed by atoms with E-state index in [1.807, 2.05) is 0 Å². The Kier molecular flexibility index (Phi) is 4.98. The number of nitrogens with zero attached hydrogens (tertiary/aromatic N) is 4. The van der Waals surface area contributed by atoms with Crippen LogP contribution >= 0.6 is 11.6 Å². The van der Waals surface area contributed by atoms with Crippen molar-refractivity contribution in [3.05, 3.63) is 34.0 Å². The fourth-order valence-corrected chi connectivity index (χ4v) is 1.83. The largest absolute Gasteiger partial charge is 0.383 e. The van der Waals surface area contributed by atoms with Gasteiger partial charge in [0.1, 0.15) is 12.2 Å². The van der Waals surface area contributed by atoms with Gasteiger partial charge in [0.25, 0.3) is 5.56 Å². The third-order valence-corrected chi connectivity index (χ3v) is 2.95. The summed E-state index contributed by atoms with van der Waals surface area (Å²) in [4.78, 5) is 12.2. The van der Waals surface area contributed by atoms with Crippen LogP contribution in [-0.4, -0.2) is 33.3 Å². The Morgan fingerprint density at radius 2 is 2.29 bits per heavy atom. The normalized spacial score (nSPS) is 10.3. The molecule has 2 rings (SSSR count). The summed E-state index contributed by atoms with van der Waals surface area (Å²) in [6.07, 6.45) is 9.91. The molecule has 2 aromatic heterocycles. The van der Waals surface area contributed by atoms with Crippen LogP contribution in [0.25, 0.3) is 0 Å². The van der Waals surface area contributed by atoms with E-state index in [-0.39, 0.29) is 22.8 Å². The monoisotopic (exact) mass is 307 g/mol. The first-order valence-electron chi connectivity index (χ1n) is 6.13. The zero-order chi connectivity index (χ0) is 15.2. The van der Waals surface area contributed by atoms with Crippen molar-refractivity contribution in [2.24, 2.45) is 0 Å². The first-order valence-corrected chi connectivity index (χ1v) is 6.51. The van der Waals surface area contributed by atoms with Crippen LogP contribution in [0.5, 0.6) is 0 Å². The summed E-state index contributed by atoms with van der Waals surface area (Å²) in [5, 5.41) is 11.2. The Morgan fingerprint density at radius 1 is 1.48 bits per heavy atom. The van der Waals surface area contributed by atoms with Gasteiger partial charge in [0.15, 0.2) is 0 Å². The molecule has 0 amide bonds. The summed E-state index contributed by atoms with van der Waals surface area (Å²) >= 11 is 6.00. The molecule has 0 fully saturated rings. The number of aromatic nitrogens is 4. The molecular formula is C13H14ClN5O2. The van der Waals surface area contributed by atoms with Crippen LogP contribution in [0.1, 0.15) is 0 Å². The van der Waals surface area contributed by atoms with Crippen LogP contribution in [0, 0.1) is 12.3 Å². The quantitative estimate of drug-likeness (QED) is 0.810. The predicted molar refractivity (Wildman–Crippen MR) is 79.7 cm³/mol. The average molecular weight is 308 g/mol. The zero-order valence-electron chi connectivity index (χ0n) is 11.4. The van der Waals surface area contributed by atoms with E-state index in [0.29, 0.717) is 18.8 Å². The summed E-state index contributed by atoms with van der Waals surface area (Å²) in [5.74, 6) is 2.36. The molecule has 8 heteroatoms. The summed E-state index contributed by atoms with van der Waals surface area (Å²) < 4.78 is 7.82. The molecule has 0 atom stereocenters. The molecule has 110 valence electrons. The molecule has 1 N–H and O–H groups in total. The standard InChI is InChI=1S/C13H14ClN5O2/c1-3-4-19-13(20)12(11(14)8-16-19)17-10-7-15-18(9-10)5-6-21-2/h1,7-9,17H,4-6H2,2H3. The summed E-state index contributed by atoms with van der Waals surface area (Å²) in [7, 11) is 1.62. The van der Waals surface area contributed by atoms with Crippen molar-refractivity contribution in [3.8, 4) is 12.3 Å². The van der Waals surface area contributed by atoms with E-state index < -0.39 is 0 Å². The van der Waals surface area contributed by atoms with Gasteiger partial charge in [-0.3, -0.25) is 9.48 Å². The lowest BCUT2D eigenvalue weighted by molar-refractivity contribution is 0.183. The molecular weight excluding hydrogens is 294 g/mol. The number of rotatable bonds is 6. The van der Waals surface area contributed by atoms with Gasteiger partial charge in [-0.15, -0.1) is 6.42 Å². The van der Waals surface area contributed by atoms with E-state index >= 15 is 0 Å². The molecule has 2 aromatic rings. The van der Waals surface area contributed by atoms with Crippen molar-refractivity contribution >= 4 is 23.0 Å². The van der Waals surface area contributed by atoms with E-state index in [0.717, 1.165) is 4.68 Å². The van der Waals surface area contributed by atoms with Crippen molar-refractivity contribution in [3.63, 3.8) is 0 Å². The Bertz CT molecular complexity index is 716. The molecule has 0 radical (unpaired) electrons. The maximum absolute atomic E-state index is 12.2. The number of hydrogen-bond acceptors (Lipinski definition) is 5. The van der Waals surface area contributed by atoms with Gasteiger partial charge in [0.2, 0.25) is 0 Å². The number of hydrogen-bond donors (Lipinski definition) is 1. The highest BCUT2D eigenvalue weighted by molar-refractivity contribution is 6.33. The van der Waals surface area contributed by atoms with Gasteiger partial charge in [-0.25, -0.2) is 4.68 Å². The first kappa shape index (κ1) is 15.1. The second-order valence-electron chi connectivity index (χ2n) is 4.14. The summed E-state index contributed by atoms with van der Waals surface area (Å²) in [6.45, 7) is 1.24. The molecule has 2 heterocycles. The number of methoxy groups -OCH3 is 1. The minimum absolute atomic E-state index is 0.0811. The maximum Gasteiger partial charge on any atom is 0.292 e. The highest BCUT2D eigenvalue weighted by Gasteiger charge is 2.10. The highest BCUT2D eigenvalue weighted by Crippen LogP contribution is 2.20. The van der Waals surface area contributed by atoms with Crippen LogP contribution < -0.4 is 10.9 Å². The minimum atomic E-state index is -0.384. The van der Waals surface area contributed by atoms with E-state index in [1.54, 1.807) is 24.2 Å². The molecule has 0 spiro atoms. The Labute approximate surface area is 126 Å². The molecule has 21 heavy (non-hydrogen) atoms. The lowest BCUT2D eigenvalue weighted by Gasteiger charge is -2.07. The zero-order valence-corrected chi connectivity index (χ0v) is 12.2. The van der Waals surface area contributed by atoms with Gasteiger partial charge >= 0.3 is 0 Å². The minimum Gasteiger partial charge on any atom is -0.383 e. The van der Waals surface area contributed by atoms with Gasteiger partial charge in [-0.05, 0) is 0 Å². The SMILES string of the molecule is C#CCn1ncc(Cl)c(Nc2cnn(CCOC)c2)c1=O. The van der Waals surface area contributed by atoms with Crippen molar-refractivity contribution in [2.45, 2.75) is 13.1 Å². The van der Waals surface area contributed by atoms with Crippen molar-refractivity contribution in [1.82, 2.24) is 19.6 Å². The topological polar surface area (TPSA) is 74.0 Å². The van der Waals surface area contributed by atoms with Gasteiger partial charge in [-0.2, -0.15) is 10.2 Å². The molecule has 0 aliphatic heterocycles. The number of terminal acetylenes is 1. The lowest BCUT2D eigenvalue weighted by Crippen LogP contribution is -2.24. The van der Waals surface area contributed by atoms with Gasteiger partial charge in [0, 0.05) is 13.3 Å². The van der Waals surface area contributed by atoms with E-state index in [9.17, 15) is 4.79 Å². The predicted octanol–water partition coefficient (Wildman–Crippen LogP) is 1.12. The molecule has 0 bridgehead atoms. The average Bonchev–Trinajstić information content (AvgIpc) is 2.92. The molecule has 0 aliphatic rings. The van der Waals surface area contributed by atoms with E-state index in [1.165, 1.54) is 6.20 Å². The second kappa shape index (κ2) is 6.92. The number of nitrogens with one attached hydrogen (secondary N) is 1. The number of ether oxygens (including phenoxy) is 1. The maximum atomic E-state index is 12.2. The fourth-order valence-electron chi connectivity index (χ4n) is 1.66. The molecule has 0 aliphatic carbocycles. The van der Waals surface area contributed by atoms with Crippen molar-refractivity contribution in [1.29, 1.82) is 0 Å². The first-order chi connectivity index (χ1) is 10.2. The van der Waals surface area contributed by atoms with E-state index in [4.69, 9.17) is 22.8 Å². The van der Waals surface area contributed by atoms with Gasteiger partial charge in [0.05, 0.1) is 36.3 Å². The highest BCUT2D eigenvalue weighted by atomic mass is 35.5. The van der Waals surface area contributed by atoms with Crippen LogP contribution in [0.3, 0.4) is 0 Å². The third-order valence-electron chi connectivity index (χ3n) is 2.67. The molecule has 0 unspecified atom stereocenters. The van der Waals surface area contributed by atoms with Crippen molar-refractivity contribution in [2.75, 3.05) is 19.0 Å². The molecule has 0 saturated heterocycles. The molecule has 0 aromatic carbocycles. The van der Waals surface area contributed by atoms with Crippen LogP contribution in [-0.2, 0) is 17.8 Å². The second-order valence-corrected chi connectivity index (χ2v) is 4.55. The van der Waals surface area contributed by atoms with Crippen LogP contribution in [0.4, 0.5) is 11.4 Å². The number of halogens is 1. The smallest absolute Gasteiger partial charge is 0.292 e. The summed E-state index contributed by atoms with van der Waals surface area (Å²) in [6, 6.07) is 0. The molecule has 7 nitrogen and oxygen atoms in total. The lowest BCUT2D eigenvalue weighted by atomic mass is 10.4. The number of anilines is 2.